The number of ether oxygens (including phenoxy) is 4. The minimum absolute atomic E-state index is 0.111. The maximum atomic E-state index is 6.65. The Morgan fingerprint density at radius 1 is 0.500 bits per heavy atom. The molecular formula is C40H34O4P2. The van der Waals surface area contributed by atoms with Crippen molar-refractivity contribution in [3.63, 3.8) is 0 Å². The molecule has 1 atom stereocenters. The van der Waals surface area contributed by atoms with Crippen molar-refractivity contribution >= 4 is 47.9 Å². The monoisotopic (exact) mass is 640 g/mol. The molecule has 0 saturated carbocycles. The summed E-state index contributed by atoms with van der Waals surface area (Å²) in [4.78, 5) is 0. The van der Waals surface area contributed by atoms with Crippen LogP contribution in [0.15, 0.2) is 151 Å². The normalized spacial score (nSPS) is 17.2. The van der Waals surface area contributed by atoms with Crippen molar-refractivity contribution in [3.8, 4) is 11.5 Å². The summed E-state index contributed by atoms with van der Waals surface area (Å²) in [6.07, 6.45) is 3.07. The van der Waals surface area contributed by atoms with Crippen molar-refractivity contribution < 1.29 is 18.9 Å². The van der Waals surface area contributed by atoms with E-state index in [1.54, 1.807) is 0 Å². The van der Waals surface area contributed by atoms with Crippen LogP contribution in [0.25, 0.3) is 5.57 Å². The van der Waals surface area contributed by atoms with Gasteiger partial charge in [-0.25, -0.2) is 0 Å². The Morgan fingerprint density at radius 2 is 1.02 bits per heavy atom. The van der Waals surface area contributed by atoms with E-state index in [0.29, 0.717) is 26.4 Å². The molecule has 2 aliphatic heterocycles. The van der Waals surface area contributed by atoms with Crippen LogP contribution >= 0.6 is 15.8 Å². The number of rotatable bonds is 7. The lowest BCUT2D eigenvalue weighted by atomic mass is 9.93. The Kier molecular flexibility index (Phi) is 8.32. The third-order valence-electron chi connectivity index (χ3n) is 8.52. The summed E-state index contributed by atoms with van der Waals surface area (Å²) >= 11 is 0. The Labute approximate surface area is 272 Å². The first-order valence-corrected chi connectivity index (χ1v) is 18.5. The third kappa shape index (κ3) is 5.51. The van der Waals surface area contributed by atoms with E-state index in [4.69, 9.17) is 18.9 Å². The van der Waals surface area contributed by atoms with Gasteiger partial charge in [0.25, 0.3) is 0 Å². The fourth-order valence-corrected chi connectivity index (χ4v) is 11.9. The Balaban J connectivity index is 1.43. The maximum absolute atomic E-state index is 6.65. The lowest BCUT2D eigenvalue weighted by molar-refractivity contribution is 0.0586. The molecular weight excluding hydrogens is 606 g/mol. The van der Waals surface area contributed by atoms with Crippen molar-refractivity contribution in [2.45, 2.75) is 12.1 Å². The predicted molar refractivity (Wildman–Crippen MR) is 191 cm³/mol. The minimum Gasteiger partial charge on any atom is -0.486 e. The first-order chi connectivity index (χ1) is 22.9. The van der Waals surface area contributed by atoms with Crippen LogP contribution in [0.3, 0.4) is 0 Å². The fourth-order valence-electron chi connectivity index (χ4n) is 6.62. The van der Waals surface area contributed by atoms with Gasteiger partial charge in [-0.2, -0.15) is 0 Å². The van der Waals surface area contributed by atoms with Crippen LogP contribution in [-0.2, 0) is 9.47 Å². The summed E-state index contributed by atoms with van der Waals surface area (Å²) in [6.45, 7) is 2.07. The first kappa shape index (κ1) is 29.1. The molecule has 0 radical (unpaired) electrons. The summed E-state index contributed by atoms with van der Waals surface area (Å²) in [6, 6.07) is 48.0. The summed E-state index contributed by atoms with van der Waals surface area (Å²) in [5, 5.41) is 6.46. The highest BCUT2D eigenvalue weighted by molar-refractivity contribution is 7.80. The zero-order chi connectivity index (χ0) is 30.7. The lowest BCUT2D eigenvalue weighted by Crippen LogP contribution is -2.32. The van der Waals surface area contributed by atoms with Crippen LogP contribution in [0, 0.1) is 0 Å². The van der Waals surface area contributed by atoms with E-state index in [0.717, 1.165) is 40.6 Å². The van der Waals surface area contributed by atoms with E-state index in [1.807, 2.05) is 0 Å². The zero-order valence-electron chi connectivity index (χ0n) is 25.4. The van der Waals surface area contributed by atoms with Gasteiger partial charge in [-0.05, 0) is 67.0 Å². The van der Waals surface area contributed by atoms with Gasteiger partial charge in [0, 0.05) is 16.8 Å². The van der Waals surface area contributed by atoms with E-state index in [1.165, 1.54) is 26.5 Å². The van der Waals surface area contributed by atoms with Gasteiger partial charge in [-0.3, -0.25) is 0 Å². The number of benzene rings is 5. The predicted octanol–water partition coefficient (Wildman–Crippen LogP) is 6.76. The second-order valence-corrected chi connectivity index (χ2v) is 15.9. The molecule has 4 nitrogen and oxygen atoms in total. The molecule has 2 heterocycles. The molecule has 5 aromatic rings. The van der Waals surface area contributed by atoms with Crippen LogP contribution in [0.4, 0.5) is 0 Å². The SMILES string of the molecule is C1=C2OCCOC2=C(c2c(P(c3ccccc3)c3ccccc3)ccc3c2OCCO3)C(P(c2ccccc2)c2ccccc2)C1. The molecule has 1 fully saturated rings. The van der Waals surface area contributed by atoms with Gasteiger partial charge < -0.3 is 18.9 Å². The molecule has 5 aromatic carbocycles. The van der Waals surface area contributed by atoms with Crippen LogP contribution in [0.1, 0.15) is 12.0 Å². The molecule has 228 valence electrons. The van der Waals surface area contributed by atoms with Crippen LogP contribution in [-0.4, -0.2) is 32.1 Å². The van der Waals surface area contributed by atoms with E-state index in [9.17, 15) is 0 Å². The second-order valence-electron chi connectivity index (χ2n) is 11.3. The summed E-state index contributed by atoms with van der Waals surface area (Å²) in [7, 11) is -1.80. The van der Waals surface area contributed by atoms with Crippen molar-refractivity contribution in [3.05, 3.63) is 157 Å². The number of allylic oxidation sites excluding steroid dienone is 2. The average Bonchev–Trinajstić information content (AvgIpc) is 3.14. The van der Waals surface area contributed by atoms with Gasteiger partial charge in [0.05, 0.1) is 0 Å². The topological polar surface area (TPSA) is 36.9 Å². The van der Waals surface area contributed by atoms with Crippen molar-refractivity contribution in [1.29, 1.82) is 0 Å². The van der Waals surface area contributed by atoms with E-state index < -0.39 is 15.8 Å². The van der Waals surface area contributed by atoms with E-state index in [2.05, 4.69) is 140 Å². The smallest absolute Gasteiger partial charge is 0.169 e. The lowest BCUT2D eigenvalue weighted by Gasteiger charge is -2.38. The summed E-state index contributed by atoms with van der Waals surface area (Å²) in [5.74, 6) is 3.26. The Morgan fingerprint density at radius 3 is 1.63 bits per heavy atom. The number of fused-ring (bicyclic) bond motifs is 2. The van der Waals surface area contributed by atoms with Gasteiger partial charge in [-0.15, -0.1) is 0 Å². The van der Waals surface area contributed by atoms with Gasteiger partial charge in [0.2, 0.25) is 0 Å². The molecule has 0 aromatic heterocycles. The minimum atomic E-state index is -0.957. The van der Waals surface area contributed by atoms with Crippen molar-refractivity contribution in [1.82, 2.24) is 0 Å². The Bertz CT molecular complexity index is 1800. The van der Waals surface area contributed by atoms with Crippen LogP contribution in [0.5, 0.6) is 11.5 Å². The highest BCUT2D eigenvalue weighted by atomic mass is 31.1. The molecule has 8 rings (SSSR count). The zero-order valence-corrected chi connectivity index (χ0v) is 27.2. The van der Waals surface area contributed by atoms with Gasteiger partial charge in [0.15, 0.2) is 23.0 Å². The molecule has 0 N–H and O–H groups in total. The maximum Gasteiger partial charge on any atom is 0.169 e. The van der Waals surface area contributed by atoms with Crippen LogP contribution < -0.4 is 36.0 Å². The Hall–Kier alpha value is -4.36. The van der Waals surface area contributed by atoms with Crippen LogP contribution in [0.2, 0.25) is 0 Å². The molecule has 0 amide bonds. The number of hydrogen-bond donors (Lipinski definition) is 0. The van der Waals surface area contributed by atoms with Crippen molar-refractivity contribution in [2.75, 3.05) is 26.4 Å². The molecule has 0 spiro atoms. The molecule has 3 aliphatic rings. The van der Waals surface area contributed by atoms with E-state index >= 15 is 0 Å². The highest BCUT2D eigenvalue weighted by Gasteiger charge is 2.40. The molecule has 46 heavy (non-hydrogen) atoms. The quantitative estimate of drug-likeness (QED) is 0.184. The van der Waals surface area contributed by atoms with Crippen molar-refractivity contribution in [2.24, 2.45) is 0 Å². The first-order valence-electron chi connectivity index (χ1n) is 15.8. The van der Waals surface area contributed by atoms with Gasteiger partial charge in [-0.1, -0.05) is 121 Å². The number of hydrogen-bond acceptors (Lipinski definition) is 4. The van der Waals surface area contributed by atoms with E-state index in [-0.39, 0.29) is 5.66 Å². The largest absolute Gasteiger partial charge is 0.486 e. The highest BCUT2D eigenvalue weighted by Crippen LogP contribution is 2.55. The summed E-state index contributed by atoms with van der Waals surface area (Å²) in [5.41, 5.74) is 2.36. The average molecular weight is 641 g/mol. The second kappa shape index (κ2) is 13.2. The van der Waals surface area contributed by atoms with Gasteiger partial charge >= 0.3 is 0 Å². The summed E-state index contributed by atoms with van der Waals surface area (Å²) < 4.78 is 25.9. The molecule has 1 saturated heterocycles. The molecule has 6 heteroatoms. The third-order valence-corrected chi connectivity index (χ3v) is 13.8. The molecule has 1 aliphatic carbocycles. The van der Waals surface area contributed by atoms with Gasteiger partial charge in [0.1, 0.15) is 26.4 Å². The molecule has 0 bridgehead atoms. The molecule has 1 unspecified atom stereocenters. The standard InChI is InChI=1S/C40H34O4P2/c1-5-13-29(14-6-1)45(30-15-7-2-8-16-30)35-23-21-33-39(43-27-25-41-33)37(35)38-36(24-22-34-40(38)44-28-26-42-34)46(31-17-9-3-10-18-31)32-19-11-4-12-20-32/h1-23,36H,24-28H2. The fraction of sp³-hybridized carbons (Fsp3) is 0.150.